The monoisotopic (exact) mass is 460 g/mol. The maximum absolute atomic E-state index is 6.59. The van der Waals surface area contributed by atoms with Crippen molar-refractivity contribution in [2.45, 2.75) is 56.2 Å². The van der Waals surface area contributed by atoms with Crippen molar-refractivity contribution in [3.8, 4) is 0 Å². The van der Waals surface area contributed by atoms with E-state index in [1.54, 1.807) is 0 Å². The number of rotatable bonds is 8. The van der Waals surface area contributed by atoms with E-state index in [4.69, 9.17) is 18.9 Å². The van der Waals surface area contributed by atoms with Crippen molar-refractivity contribution in [1.82, 2.24) is 0 Å². The van der Waals surface area contributed by atoms with Gasteiger partial charge in [-0.15, -0.1) is 23.5 Å². The van der Waals surface area contributed by atoms with Crippen LogP contribution in [0.1, 0.15) is 44.5 Å². The van der Waals surface area contributed by atoms with Gasteiger partial charge in [-0.25, -0.2) is 0 Å². The minimum Gasteiger partial charge on any atom is -0.346 e. The van der Waals surface area contributed by atoms with Crippen LogP contribution >= 0.6 is 23.5 Å². The summed E-state index contributed by atoms with van der Waals surface area (Å²) in [4.78, 5) is 0. The zero-order valence-electron chi connectivity index (χ0n) is 18.4. The Hall–Kier alpha value is -1.02. The lowest BCUT2D eigenvalue weighted by Crippen LogP contribution is -2.51. The fourth-order valence-corrected chi connectivity index (χ4v) is 7.06. The topological polar surface area (TPSA) is 36.9 Å². The molecule has 4 rings (SSSR count). The van der Waals surface area contributed by atoms with Crippen LogP contribution in [0.2, 0.25) is 0 Å². The van der Waals surface area contributed by atoms with E-state index in [1.165, 1.54) is 0 Å². The van der Waals surface area contributed by atoms with Gasteiger partial charge in [-0.2, -0.15) is 0 Å². The van der Waals surface area contributed by atoms with Gasteiger partial charge in [-0.05, 0) is 11.5 Å². The predicted molar refractivity (Wildman–Crippen MR) is 128 cm³/mol. The number of ether oxygens (including phenoxy) is 4. The van der Waals surface area contributed by atoms with Gasteiger partial charge >= 0.3 is 0 Å². The SMILES string of the molecule is CCSC(SCC)C1OC(c2ccccc2)OC(C2COC(c3ccccc3)O2)C1C. The van der Waals surface area contributed by atoms with Crippen LogP contribution < -0.4 is 0 Å². The van der Waals surface area contributed by atoms with E-state index in [0.717, 1.165) is 22.6 Å². The Labute approximate surface area is 194 Å². The van der Waals surface area contributed by atoms with Crippen LogP contribution in [0, 0.1) is 5.92 Å². The molecule has 168 valence electrons. The zero-order valence-corrected chi connectivity index (χ0v) is 20.0. The van der Waals surface area contributed by atoms with Gasteiger partial charge in [0.1, 0.15) is 6.10 Å². The van der Waals surface area contributed by atoms with Crippen molar-refractivity contribution in [3.05, 3.63) is 71.8 Å². The lowest BCUT2D eigenvalue weighted by Gasteiger charge is -2.44. The summed E-state index contributed by atoms with van der Waals surface area (Å²) >= 11 is 3.92. The molecule has 0 bridgehead atoms. The van der Waals surface area contributed by atoms with E-state index in [9.17, 15) is 0 Å². The summed E-state index contributed by atoms with van der Waals surface area (Å²) < 4.78 is 25.9. The highest BCUT2D eigenvalue weighted by Gasteiger charge is 2.47. The molecule has 0 N–H and O–H groups in total. The maximum atomic E-state index is 6.59. The molecule has 0 radical (unpaired) electrons. The molecule has 2 aromatic carbocycles. The van der Waals surface area contributed by atoms with Gasteiger partial charge in [0.15, 0.2) is 12.6 Å². The molecule has 2 aliphatic rings. The molecule has 6 heteroatoms. The van der Waals surface area contributed by atoms with Crippen molar-refractivity contribution in [2.24, 2.45) is 5.92 Å². The summed E-state index contributed by atoms with van der Waals surface area (Å²) in [6.45, 7) is 7.18. The average Bonchev–Trinajstić information content (AvgIpc) is 3.30. The zero-order chi connectivity index (χ0) is 21.6. The molecule has 2 aromatic rings. The van der Waals surface area contributed by atoms with Gasteiger partial charge in [-0.3, -0.25) is 0 Å². The third-order valence-corrected chi connectivity index (χ3v) is 8.42. The molecule has 2 heterocycles. The van der Waals surface area contributed by atoms with E-state index in [1.807, 2.05) is 72.1 Å². The molecule has 2 saturated heterocycles. The van der Waals surface area contributed by atoms with Crippen molar-refractivity contribution < 1.29 is 18.9 Å². The predicted octanol–water partition coefficient (Wildman–Crippen LogP) is 6.05. The van der Waals surface area contributed by atoms with Gasteiger partial charge < -0.3 is 18.9 Å². The Bertz CT molecular complexity index is 785. The highest BCUT2D eigenvalue weighted by molar-refractivity contribution is 8.17. The van der Waals surface area contributed by atoms with Crippen LogP contribution in [0.15, 0.2) is 60.7 Å². The number of benzene rings is 2. The number of hydrogen-bond acceptors (Lipinski definition) is 6. The largest absolute Gasteiger partial charge is 0.346 e. The van der Waals surface area contributed by atoms with Crippen LogP contribution in [0.5, 0.6) is 0 Å². The number of hydrogen-bond donors (Lipinski definition) is 0. The van der Waals surface area contributed by atoms with Crippen molar-refractivity contribution >= 4 is 23.5 Å². The Balaban J connectivity index is 1.56. The molecule has 6 atom stereocenters. The van der Waals surface area contributed by atoms with Gasteiger partial charge in [0, 0.05) is 17.0 Å². The Morgan fingerprint density at radius 2 is 1.39 bits per heavy atom. The van der Waals surface area contributed by atoms with E-state index < -0.39 is 6.29 Å². The Morgan fingerprint density at radius 1 is 0.806 bits per heavy atom. The minimum absolute atomic E-state index is 0.0678. The van der Waals surface area contributed by atoms with Gasteiger partial charge in [0.25, 0.3) is 0 Å². The first-order chi connectivity index (χ1) is 15.2. The molecular formula is C25H32O4S2. The molecule has 0 aromatic heterocycles. The van der Waals surface area contributed by atoms with E-state index in [2.05, 4.69) is 32.9 Å². The molecule has 31 heavy (non-hydrogen) atoms. The second-order valence-electron chi connectivity index (χ2n) is 7.83. The summed E-state index contributed by atoms with van der Waals surface area (Å²) in [5.74, 6) is 2.31. The molecule has 0 spiro atoms. The highest BCUT2D eigenvalue weighted by Crippen LogP contribution is 2.44. The van der Waals surface area contributed by atoms with E-state index in [0.29, 0.717) is 11.2 Å². The molecule has 6 unspecified atom stereocenters. The first-order valence-corrected chi connectivity index (χ1v) is 13.2. The second-order valence-corrected chi connectivity index (χ2v) is 11.0. The van der Waals surface area contributed by atoms with Crippen LogP contribution in [0.3, 0.4) is 0 Å². The van der Waals surface area contributed by atoms with Crippen LogP contribution in [-0.4, -0.2) is 41.0 Å². The number of thioether (sulfide) groups is 2. The quantitative estimate of drug-likeness (QED) is 0.446. The highest BCUT2D eigenvalue weighted by atomic mass is 32.2. The third-order valence-electron chi connectivity index (χ3n) is 5.75. The summed E-state index contributed by atoms with van der Waals surface area (Å²) in [6.07, 6.45) is -0.904. The molecular weight excluding hydrogens is 428 g/mol. The molecule has 4 nitrogen and oxygen atoms in total. The van der Waals surface area contributed by atoms with Crippen molar-refractivity contribution in [1.29, 1.82) is 0 Å². The van der Waals surface area contributed by atoms with Gasteiger partial charge in [0.2, 0.25) is 0 Å². The minimum atomic E-state index is -0.399. The fourth-order valence-electron chi connectivity index (χ4n) is 4.20. The average molecular weight is 461 g/mol. The third kappa shape index (κ3) is 5.49. The standard InChI is InChI=1S/C25H32O4S2/c1-4-30-25(31-5-2)22-17(3)21(28-24(29-22)19-14-10-7-11-15-19)20-16-26-23(27-20)18-12-8-6-9-13-18/h6-15,17,20-25H,4-5,16H2,1-3H3. The van der Waals surface area contributed by atoms with Crippen LogP contribution in [0.4, 0.5) is 0 Å². The first kappa shape index (κ1) is 23.1. The molecule has 2 fully saturated rings. The fraction of sp³-hybridized carbons (Fsp3) is 0.520. The van der Waals surface area contributed by atoms with Crippen molar-refractivity contribution in [2.75, 3.05) is 18.1 Å². The first-order valence-electron chi connectivity index (χ1n) is 11.1. The van der Waals surface area contributed by atoms with Crippen LogP contribution in [0.25, 0.3) is 0 Å². The maximum Gasteiger partial charge on any atom is 0.184 e. The lowest BCUT2D eigenvalue weighted by atomic mass is 9.93. The Morgan fingerprint density at radius 3 is 1.97 bits per heavy atom. The molecule has 2 aliphatic heterocycles. The smallest absolute Gasteiger partial charge is 0.184 e. The second kappa shape index (κ2) is 11.2. The molecule has 0 amide bonds. The van der Waals surface area contributed by atoms with Gasteiger partial charge in [-0.1, -0.05) is 81.4 Å². The summed E-state index contributed by atoms with van der Waals surface area (Å²) in [5, 5.41) is 0. The normalized spacial score (nSPS) is 31.2. The van der Waals surface area contributed by atoms with Crippen molar-refractivity contribution in [3.63, 3.8) is 0 Å². The Kier molecular flexibility index (Phi) is 8.37. The van der Waals surface area contributed by atoms with E-state index in [-0.39, 0.29) is 30.5 Å². The molecule has 0 aliphatic carbocycles. The summed E-state index contributed by atoms with van der Waals surface area (Å²) in [5.41, 5.74) is 2.09. The summed E-state index contributed by atoms with van der Waals surface area (Å²) in [6, 6.07) is 20.3. The van der Waals surface area contributed by atoms with E-state index >= 15 is 0 Å². The van der Waals surface area contributed by atoms with Gasteiger partial charge in [0.05, 0.1) is 23.4 Å². The lowest BCUT2D eigenvalue weighted by molar-refractivity contribution is -0.285. The van der Waals surface area contributed by atoms with Crippen LogP contribution in [-0.2, 0) is 18.9 Å². The molecule has 0 saturated carbocycles. The summed E-state index contributed by atoms with van der Waals surface area (Å²) in [7, 11) is 0.